The van der Waals surface area contributed by atoms with Crippen molar-refractivity contribution in [2.45, 2.75) is 26.2 Å². The molecular weight excluding hydrogens is 254 g/mol. The summed E-state index contributed by atoms with van der Waals surface area (Å²) in [5, 5.41) is 2.13. The fourth-order valence-corrected chi connectivity index (χ4v) is 3.12. The van der Waals surface area contributed by atoms with Gasteiger partial charge in [0, 0.05) is 5.38 Å². The van der Waals surface area contributed by atoms with Gasteiger partial charge in [-0.25, -0.2) is 4.98 Å². The maximum absolute atomic E-state index is 5.74. The molecular formula is C15H17N3S. The predicted octanol–water partition coefficient (Wildman–Crippen LogP) is 3.99. The number of fused-ring (bicyclic) bond motifs is 1. The molecule has 2 N–H and O–H groups in total. The molecule has 0 bridgehead atoms. The Hall–Kier alpha value is -1.81. The molecule has 4 heteroatoms. The Morgan fingerprint density at radius 3 is 2.79 bits per heavy atom. The molecule has 2 aromatic heterocycles. The number of nitrogens with zero attached hydrogens (tertiary/aromatic N) is 2. The Balaban J connectivity index is 1.93. The molecule has 3 rings (SSSR count). The van der Waals surface area contributed by atoms with Crippen molar-refractivity contribution in [3.63, 3.8) is 0 Å². The highest BCUT2D eigenvalue weighted by molar-refractivity contribution is 7.15. The number of benzene rings is 1. The molecule has 0 unspecified atom stereocenters. The highest BCUT2D eigenvalue weighted by Gasteiger charge is 2.08. The molecule has 2 heterocycles. The maximum atomic E-state index is 5.74. The van der Waals surface area contributed by atoms with Crippen molar-refractivity contribution in [2.75, 3.05) is 5.73 Å². The quantitative estimate of drug-likeness (QED) is 0.779. The van der Waals surface area contributed by atoms with Crippen molar-refractivity contribution < 1.29 is 0 Å². The number of hydrogen-bond acceptors (Lipinski definition) is 3. The number of thiazole rings is 1. The molecule has 0 radical (unpaired) electrons. The van der Waals surface area contributed by atoms with E-state index in [1.807, 2.05) is 6.20 Å². The highest BCUT2D eigenvalue weighted by atomic mass is 32.1. The topological polar surface area (TPSA) is 43.3 Å². The van der Waals surface area contributed by atoms with E-state index in [2.05, 4.69) is 46.0 Å². The summed E-state index contributed by atoms with van der Waals surface area (Å²) >= 11 is 1.62. The summed E-state index contributed by atoms with van der Waals surface area (Å²) in [6.45, 7) is 2.22. The van der Waals surface area contributed by atoms with E-state index >= 15 is 0 Å². The largest absolute Gasteiger partial charge is 0.382 e. The van der Waals surface area contributed by atoms with Gasteiger partial charge in [-0.15, -0.1) is 11.3 Å². The van der Waals surface area contributed by atoms with Gasteiger partial charge in [0.15, 0.2) is 4.96 Å². The summed E-state index contributed by atoms with van der Waals surface area (Å²) in [7, 11) is 0. The summed E-state index contributed by atoms with van der Waals surface area (Å²) in [6.07, 6.45) is 5.53. The molecule has 98 valence electrons. The SMILES string of the molecule is CCCCc1ccc(-c2csc3nc(N)cn23)cc1. The standard InChI is InChI=1S/C15H17N3S/c1-2-3-4-11-5-7-12(8-6-11)13-10-19-15-17-14(16)9-18(13)15/h5-10H,2-4,16H2,1H3. The average Bonchev–Trinajstić information content (AvgIpc) is 2.96. The van der Waals surface area contributed by atoms with Crippen LogP contribution in [0, 0.1) is 0 Å². The molecule has 0 aliphatic carbocycles. The van der Waals surface area contributed by atoms with Crippen LogP contribution in [0.15, 0.2) is 35.8 Å². The Bertz CT molecular complexity index is 679. The monoisotopic (exact) mass is 271 g/mol. The van der Waals surface area contributed by atoms with Crippen LogP contribution in [0.5, 0.6) is 0 Å². The number of aryl methyl sites for hydroxylation is 1. The van der Waals surface area contributed by atoms with E-state index in [1.165, 1.54) is 24.0 Å². The molecule has 0 spiro atoms. The van der Waals surface area contributed by atoms with Crippen LogP contribution in [-0.4, -0.2) is 9.38 Å². The molecule has 0 atom stereocenters. The fraction of sp³-hybridized carbons (Fsp3) is 0.267. The number of rotatable bonds is 4. The van der Waals surface area contributed by atoms with Gasteiger partial charge in [0.25, 0.3) is 0 Å². The molecule has 0 saturated carbocycles. The van der Waals surface area contributed by atoms with Gasteiger partial charge in [-0.3, -0.25) is 4.40 Å². The second-order valence-electron chi connectivity index (χ2n) is 4.74. The molecule has 0 aliphatic heterocycles. The average molecular weight is 271 g/mol. The van der Waals surface area contributed by atoms with Crippen molar-refractivity contribution in [1.29, 1.82) is 0 Å². The van der Waals surface area contributed by atoms with Crippen LogP contribution in [0.1, 0.15) is 25.3 Å². The smallest absolute Gasteiger partial charge is 0.196 e. The van der Waals surface area contributed by atoms with Crippen LogP contribution in [0.3, 0.4) is 0 Å². The zero-order valence-corrected chi connectivity index (χ0v) is 11.8. The lowest BCUT2D eigenvalue weighted by atomic mass is 10.1. The molecule has 0 amide bonds. The van der Waals surface area contributed by atoms with E-state index in [-0.39, 0.29) is 0 Å². The summed E-state index contributed by atoms with van der Waals surface area (Å²) in [4.78, 5) is 5.22. The third-order valence-corrected chi connectivity index (χ3v) is 4.14. The van der Waals surface area contributed by atoms with Gasteiger partial charge in [-0.1, -0.05) is 37.6 Å². The molecule has 1 aromatic carbocycles. The summed E-state index contributed by atoms with van der Waals surface area (Å²) in [5.74, 6) is 0.577. The number of hydrogen-bond donors (Lipinski definition) is 1. The fourth-order valence-electron chi connectivity index (χ4n) is 2.23. The minimum atomic E-state index is 0.577. The third kappa shape index (κ3) is 2.36. The molecule has 3 aromatic rings. The first-order valence-corrected chi connectivity index (χ1v) is 7.47. The van der Waals surface area contributed by atoms with Gasteiger partial charge in [-0.05, 0) is 24.0 Å². The van der Waals surface area contributed by atoms with Gasteiger partial charge in [-0.2, -0.15) is 0 Å². The predicted molar refractivity (Wildman–Crippen MR) is 81.5 cm³/mol. The van der Waals surface area contributed by atoms with Crippen molar-refractivity contribution in [3.8, 4) is 11.3 Å². The van der Waals surface area contributed by atoms with Crippen LogP contribution in [-0.2, 0) is 6.42 Å². The minimum absolute atomic E-state index is 0.577. The Morgan fingerprint density at radius 2 is 2.05 bits per heavy atom. The number of unbranched alkanes of at least 4 members (excludes halogenated alkanes) is 1. The van der Waals surface area contributed by atoms with Crippen LogP contribution >= 0.6 is 11.3 Å². The number of anilines is 1. The van der Waals surface area contributed by atoms with E-state index in [0.29, 0.717) is 5.82 Å². The second kappa shape index (κ2) is 5.05. The summed E-state index contributed by atoms with van der Waals surface area (Å²) in [6, 6.07) is 8.80. The van der Waals surface area contributed by atoms with E-state index in [9.17, 15) is 0 Å². The summed E-state index contributed by atoms with van der Waals surface area (Å²) < 4.78 is 2.06. The first-order valence-electron chi connectivity index (χ1n) is 6.59. The highest BCUT2D eigenvalue weighted by Crippen LogP contribution is 2.27. The zero-order chi connectivity index (χ0) is 13.2. The van der Waals surface area contributed by atoms with Crippen molar-refractivity contribution in [2.24, 2.45) is 0 Å². The van der Waals surface area contributed by atoms with E-state index in [1.54, 1.807) is 11.3 Å². The normalized spacial score (nSPS) is 11.2. The first kappa shape index (κ1) is 12.2. The van der Waals surface area contributed by atoms with E-state index < -0.39 is 0 Å². The molecule has 0 saturated heterocycles. The lowest BCUT2D eigenvalue weighted by molar-refractivity contribution is 0.795. The van der Waals surface area contributed by atoms with Gasteiger partial charge in [0.05, 0.1) is 11.9 Å². The minimum Gasteiger partial charge on any atom is -0.382 e. The molecule has 0 aliphatic rings. The number of aromatic nitrogens is 2. The maximum Gasteiger partial charge on any atom is 0.196 e. The van der Waals surface area contributed by atoms with E-state index in [4.69, 9.17) is 5.73 Å². The molecule has 0 fully saturated rings. The molecule has 19 heavy (non-hydrogen) atoms. The first-order chi connectivity index (χ1) is 9.28. The zero-order valence-electron chi connectivity index (χ0n) is 11.0. The van der Waals surface area contributed by atoms with Gasteiger partial charge < -0.3 is 5.73 Å². The van der Waals surface area contributed by atoms with Gasteiger partial charge in [0.1, 0.15) is 5.82 Å². The van der Waals surface area contributed by atoms with Crippen molar-refractivity contribution in [3.05, 3.63) is 41.4 Å². The number of nitrogen functional groups attached to an aromatic ring is 1. The van der Waals surface area contributed by atoms with Crippen molar-refractivity contribution >= 4 is 22.1 Å². The Kier molecular flexibility index (Phi) is 3.25. The van der Waals surface area contributed by atoms with Crippen LogP contribution in [0.25, 0.3) is 16.2 Å². The van der Waals surface area contributed by atoms with Crippen LogP contribution < -0.4 is 5.73 Å². The van der Waals surface area contributed by atoms with Crippen LogP contribution in [0.2, 0.25) is 0 Å². The van der Waals surface area contributed by atoms with Gasteiger partial charge >= 0.3 is 0 Å². The third-order valence-electron chi connectivity index (χ3n) is 3.30. The van der Waals surface area contributed by atoms with Crippen molar-refractivity contribution in [1.82, 2.24) is 9.38 Å². The number of imidazole rings is 1. The van der Waals surface area contributed by atoms with Gasteiger partial charge in [0.2, 0.25) is 0 Å². The molecule has 3 nitrogen and oxygen atoms in total. The van der Waals surface area contributed by atoms with Crippen LogP contribution in [0.4, 0.5) is 5.82 Å². The Morgan fingerprint density at radius 1 is 1.26 bits per heavy atom. The lowest BCUT2D eigenvalue weighted by Gasteiger charge is -2.03. The second-order valence-corrected chi connectivity index (χ2v) is 5.58. The summed E-state index contributed by atoms with van der Waals surface area (Å²) in [5.41, 5.74) is 9.51. The Labute approximate surface area is 116 Å². The number of nitrogens with two attached hydrogens (primary N) is 1. The lowest BCUT2D eigenvalue weighted by Crippen LogP contribution is -1.87. The van der Waals surface area contributed by atoms with E-state index in [0.717, 1.165) is 17.1 Å².